The van der Waals surface area contributed by atoms with E-state index in [-0.39, 0.29) is 0 Å². The lowest BCUT2D eigenvalue weighted by atomic mass is 10.6. The van der Waals surface area contributed by atoms with Crippen LogP contribution in [-0.4, -0.2) is 31.0 Å². The number of hydrazine groups is 1. The number of nitrogen functional groups attached to an aromatic ring is 1. The average molecular weight is 283 g/mol. The standard InChI is InChI=1S/C9H13N7S2/c1-5-14-15-9(16(5)2)18-7-4-6(13-10)11-8(12-7)17-3/h4H,10H2,1-3H3,(H,11,12,13). The Morgan fingerprint density at radius 3 is 2.67 bits per heavy atom. The number of hydrogen-bond donors (Lipinski definition) is 2. The van der Waals surface area contributed by atoms with E-state index in [0.29, 0.717) is 11.0 Å². The van der Waals surface area contributed by atoms with E-state index in [9.17, 15) is 0 Å². The topological polar surface area (TPSA) is 94.5 Å². The number of nitrogens with two attached hydrogens (primary N) is 1. The highest BCUT2D eigenvalue weighted by Gasteiger charge is 2.10. The summed E-state index contributed by atoms with van der Waals surface area (Å²) in [4.78, 5) is 8.58. The third-order valence-corrected chi connectivity index (χ3v) is 3.77. The quantitative estimate of drug-likeness (QED) is 0.283. The van der Waals surface area contributed by atoms with E-state index in [1.165, 1.54) is 23.5 Å². The van der Waals surface area contributed by atoms with Crippen LogP contribution in [-0.2, 0) is 7.05 Å². The molecule has 0 radical (unpaired) electrons. The summed E-state index contributed by atoms with van der Waals surface area (Å²) in [5.41, 5.74) is 2.53. The number of aromatic nitrogens is 5. The number of nitrogens with zero attached hydrogens (tertiary/aromatic N) is 5. The number of thioether (sulfide) groups is 1. The van der Waals surface area contributed by atoms with E-state index in [1.54, 1.807) is 6.07 Å². The second-order valence-corrected chi connectivity index (χ2v) is 5.17. The van der Waals surface area contributed by atoms with Crippen LogP contribution in [0.15, 0.2) is 21.4 Å². The Hall–Kier alpha value is -1.32. The summed E-state index contributed by atoms with van der Waals surface area (Å²) in [7, 11) is 1.91. The lowest BCUT2D eigenvalue weighted by Gasteiger charge is -2.05. The van der Waals surface area contributed by atoms with Gasteiger partial charge in [-0.3, -0.25) is 0 Å². The molecular formula is C9H13N7S2. The van der Waals surface area contributed by atoms with Gasteiger partial charge in [0, 0.05) is 13.1 Å². The van der Waals surface area contributed by atoms with E-state index >= 15 is 0 Å². The summed E-state index contributed by atoms with van der Waals surface area (Å²) in [5, 5.41) is 10.3. The molecule has 9 heteroatoms. The predicted octanol–water partition coefficient (Wildman–Crippen LogP) is 1.07. The van der Waals surface area contributed by atoms with E-state index in [4.69, 9.17) is 5.84 Å². The summed E-state index contributed by atoms with van der Waals surface area (Å²) < 4.78 is 1.90. The van der Waals surface area contributed by atoms with Crippen LogP contribution in [0.25, 0.3) is 0 Å². The highest BCUT2D eigenvalue weighted by Crippen LogP contribution is 2.27. The SMILES string of the molecule is CSc1nc(NN)cc(Sc2nnc(C)n2C)n1. The summed E-state index contributed by atoms with van der Waals surface area (Å²) in [6.07, 6.45) is 1.91. The van der Waals surface area contributed by atoms with Gasteiger partial charge in [-0.05, 0) is 24.9 Å². The van der Waals surface area contributed by atoms with Crippen molar-refractivity contribution >= 4 is 29.3 Å². The number of aryl methyl sites for hydroxylation is 1. The zero-order chi connectivity index (χ0) is 13.1. The van der Waals surface area contributed by atoms with Crippen molar-refractivity contribution in [2.45, 2.75) is 22.3 Å². The summed E-state index contributed by atoms with van der Waals surface area (Å²) >= 11 is 2.88. The van der Waals surface area contributed by atoms with Gasteiger partial charge in [0.2, 0.25) is 0 Å². The van der Waals surface area contributed by atoms with Gasteiger partial charge >= 0.3 is 0 Å². The molecule has 0 aliphatic heterocycles. The average Bonchev–Trinajstić information content (AvgIpc) is 2.70. The molecule has 0 saturated carbocycles. The molecule has 7 nitrogen and oxygen atoms in total. The van der Waals surface area contributed by atoms with Crippen molar-refractivity contribution in [1.82, 2.24) is 24.7 Å². The van der Waals surface area contributed by atoms with Crippen molar-refractivity contribution in [3.8, 4) is 0 Å². The van der Waals surface area contributed by atoms with Crippen molar-refractivity contribution < 1.29 is 0 Å². The first-order valence-electron chi connectivity index (χ1n) is 5.07. The summed E-state index contributed by atoms with van der Waals surface area (Å²) in [6.45, 7) is 1.90. The van der Waals surface area contributed by atoms with Crippen LogP contribution in [0.4, 0.5) is 5.82 Å². The van der Waals surface area contributed by atoms with Gasteiger partial charge in [0.1, 0.15) is 16.7 Å². The molecule has 0 unspecified atom stereocenters. The Morgan fingerprint density at radius 2 is 2.11 bits per heavy atom. The van der Waals surface area contributed by atoms with Gasteiger partial charge in [0.25, 0.3) is 0 Å². The van der Waals surface area contributed by atoms with E-state index in [2.05, 4.69) is 25.6 Å². The Labute approximate surface area is 113 Å². The van der Waals surface area contributed by atoms with Gasteiger partial charge < -0.3 is 9.99 Å². The molecule has 0 aliphatic carbocycles. The third-order valence-electron chi connectivity index (χ3n) is 2.26. The molecule has 0 bridgehead atoms. The monoisotopic (exact) mass is 283 g/mol. The van der Waals surface area contributed by atoms with Crippen molar-refractivity contribution in [3.63, 3.8) is 0 Å². The van der Waals surface area contributed by atoms with Gasteiger partial charge in [-0.15, -0.1) is 10.2 Å². The minimum atomic E-state index is 0.579. The summed E-state index contributed by atoms with van der Waals surface area (Å²) in [6, 6.07) is 1.77. The largest absolute Gasteiger partial charge is 0.309 e. The molecule has 0 amide bonds. The summed E-state index contributed by atoms with van der Waals surface area (Å²) in [5.74, 6) is 6.81. The number of hydrogen-bond acceptors (Lipinski definition) is 8. The Kier molecular flexibility index (Phi) is 4.04. The van der Waals surface area contributed by atoms with Gasteiger partial charge in [-0.2, -0.15) is 0 Å². The lowest BCUT2D eigenvalue weighted by molar-refractivity contribution is 0.762. The zero-order valence-electron chi connectivity index (χ0n) is 10.2. The van der Waals surface area contributed by atoms with Crippen LogP contribution in [0.1, 0.15) is 5.82 Å². The molecule has 3 N–H and O–H groups in total. The van der Waals surface area contributed by atoms with Crippen molar-refractivity contribution in [2.24, 2.45) is 12.9 Å². The molecule has 18 heavy (non-hydrogen) atoms. The Bertz CT molecular complexity index is 532. The molecule has 2 heterocycles. The van der Waals surface area contributed by atoms with Crippen LogP contribution >= 0.6 is 23.5 Å². The second-order valence-electron chi connectivity index (χ2n) is 3.41. The van der Waals surface area contributed by atoms with Gasteiger partial charge in [-0.25, -0.2) is 15.8 Å². The Balaban J connectivity index is 2.31. The molecule has 2 aromatic heterocycles. The minimum Gasteiger partial charge on any atom is -0.309 e. The second kappa shape index (κ2) is 5.55. The predicted molar refractivity (Wildman–Crippen MR) is 71.5 cm³/mol. The fraction of sp³-hybridized carbons (Fsp3) is 0.333. The molecule has 0 fully saturated rings. The molecule has 2 aromatic rings. The van der Waals surface area contributed by atoms with Crippen LogP contribution in [0, 0.1) is 6.92 Å². The maximum absolute atomic E-state index is 5.38. The number of rotatable bonds is 4. The van der Waals surface area contributed by atoms with Crippen LogP contribution in [0.3, 0.4) is 0 Å². The molecule has 2 rings (SSSR count). The minimum absolute atomic E-state index is 0.579. The van der Waals surface area contributed by atoms with Gasteiger partial charge in [0.15, 0.2) is 10.3 Å². The normalized spacial score (nSPS) is 10.7. The molecule has 96 valence electrons. The highest BCUT2D eigenvalue weighted by atomic mass is 32.2. The van der Waals surface area contributed by atoms with Crippen LogP contribution in [0.2, 0.25) is 0 Å². The first kappa shape index (κ1) is 13.1. The van der Waals surface area contributed by atoms with E-state index in [0.717, 1.165) is 16.0 Å². The van der Waals surface area contributed by atoms with Crippen LogP contribution < -0.4 is 11.3 Å². The molecule has 0 aliphatic rings. The number of anilines is 1. The molecule has 0 atom stereocenters. The lowest BCUT2D eigenvalue weighted by Crippen LogP contribution is -2.09. The maximum Gasteiger partial charge on any atom is 0.197 e. The molecular weight excluding hydrogens is 270 g/mol. The first-order valence-corrected chi connectivity index (χ1v) is 7.11. The van der Waals surface area contributed by atoms with Gasteiger partial charge in [0.05, 0.1) is 0 Å². The molecule has 0 saturated heterocycles. The fourth-order valence-electron chi connectivity index (χ4n) is 1.19. The van der Waals surface area contributed by atoms with E-state index in [1.807, 2.05) is 24.8 Å². The Morgan fingerprint density at radius 1 is 1.33 bits per heavy atom. The van der Waals surface area contributed by atoms with Crippen molar-refractivity contribution in [2.75, 3.05) is 11.7 Å². The number of nitrogens with one attached hydrogen (secondary N) is 1. The first-order chi connectivity index (χ1) is 8.63. The van der Waals surface area contributed by atoms with Crippen molar-refractivity contribution in [1.29, 1.82) is 0 Å². The van der Waals surface area contributed by atoms with E-state index < -0.39 is 0 Å². The highest BCUT2D eigenvalue weighted by molar-refractivity contribution is 7.99. The third kappa shape index (κ3) is 2.74. The van der Waals surface area contributed by atoms with Crippen molar-refractivity contribution in [3.05, 3.63) is 11.9 Å². The van der Waals surface area contributed by atoms with Crippen LogP contribution in [0.5, 0.6) is 0 Å². The molecule has 0 spiro atoms. The van der Waals surface area contributed by atoms with Gasteiger partial charge in [-0.1, -0.05) is 11.8 Å². The maximum atomic E-state index is 5.38. The smallest absolute Gasteiger partial charge is 0.197 e. The zero-order valence-corrected chi connectivity index (χ0v) is 11.8. The molecule has 0 aromatic carbocycles. The fourth-order valence-corrected chi connectivity index (χ4v) is 2.47.